The van der Waals surface area contributed by atoms with Crippen molar-refractivity contribution in [1.29, 1.82) is 0 Å². The van der Waals surface area contributed by atoms with Gasteiger partial charge in [0, 0.05) is 6.61 Å². The number of aliphatic hydroxyl groups is 1. The molecule has 30 heavy (non-hydrogen) atoms. The van der Waals surface area contributed by atoms with E-state index in [4.69, 9.17) is 5.11 Å². The van der Waals surface area contributed by atoms with Crippen LogP contribution in [0.1, 0.15) is 125 Å². The summed E-state index contributed by atoms with van der Waals surface area (Å²) < 4.78 is 0. The maximum Gasteiger partial charge on any atom is 0.0428 e. The van der Waals surface area contributed by atoms with E-state index >= 15 is 0 Å². The summed E-state index contributed by atoms with van der Waals surface area (Å²) in [7, 11) is 0. The van der Waals surface area contributed by atoms with Crippen molar-refractivity contribution in [2.45, 2.75) is 125 Å². The van der Waals surface area contributed by atoms with Gasteiger partial charge in [0.25, 0.3) is 0 Å². The molecule has 0 aliphatic heterocycles. The topological polar surface area (TPSA) is 20.2 Å². The quantitative estimate of drug-likeness (QED) is 0.452. The fraction of sp³-hybridized carbons (Fsp3) is 1.00. The summed E-state index contributed by atoms with van der Waals surface area (Å²) in [4.78, 5) is 0. The minimum atomic E-state index is 0.319. The van der Waals surface area contributed by atoms with E-state index in [0.717, 1.165) is 47.8 Å². The normalized spacial score (nSPS) is 49.1. The van der Waals surface area contributed by atoms with Crippen molar-refractivity contribution in [3.05, 3.63) is 0 Å². The summed E-state index contributed by atoms with van der Waals surface area (Å²) in [5, 5.41) is 7.88. The van der Waals surface area contributed by atoms with Crippen LogP contribution in [0.4, 0.5) is 0 Å². The second-order valence-electron chi connectivity index (χ2n) is 12.1. The Morgan fingerprint density at radius 2 is 1.43 bits per heavy atom. The molecule has 9 unspecified atom stereocenters. The Bertz CT molecular complexity index is 526. The summed E-state index contributed by atoms with van der Waals surface area (Å²) in [5.41, 5.74) is 1.38. The standard InChI is InChI=1S/C24H40.C3H8O.C2H6/c1-16-6-5-14-23(2)20(16)13-15-24(3)21-11-9-17-7-4-8-18(17)19(21)10-12-22(23)24;1-2-3-4;1-2/h16-22H,4-15H2,1-3H3;4H,2-3H2,1H3;1-2H3. The molecule has 0 aromatic carbocycles. The smallest absolute Gasteiger partial charge is 0.0428 e. The van der Waals surface area contributed by atoms with Crippen LogP contribution >= 0.6 is 0 Å². The van der Waals surface area contributed by atoms with Gasteiger partial charge in [-0.05, 0) is 110 Å². The highest BCUT2D eigenvalue weighted by Gasteiger charge is 2.61. The maximum atomic E-state index is 7.88. The lowest BCUT2D eigenvalue weighted by Crippen LogP contribution is -2.59. The average molecular weight is 419 g/mol. The van der Waals surface area contributed by atoms with Crippen LogP contribution in [0.15, 0.2) is 0 Å². The molecule has 0 aromatic heterocycles. The maximum absolute atomic E-state index is 7.88. The lowest BCUT2D eigenvalue weighted by Gasteiger charge is -2.66. The van der Waals surface area contributed by atoms with Crippen molar-refractivity contribution in [3.8, 4) is 0 Å². The van der Waals surface area contributed by atoms with Crippen LogP contribution in [0.25, 0.3) is 0 Å². The van der Waals surface area contributed by atoms with Crippen molar-refractivity contribution < 1.29 is 5.11 Å². The van der Waals surface area contributed by atoms with Gasteiger partial charge in [0.1, 0.15) is 0 Å². The van der Waals surface area contributed by atoms with E-state index < -0.39 is 0 Å². The second kappa shape index (κ2) is 10.3. The molecular weight excluding hydrogens is 364 g/mol. The first-order chi connectivity index (χ1) is 14.5. The zero-order valence-electron chi connectivity index (χ0n) is 21.4. The van der Waals surface area contributed by atoms with Crippen LogP contribution in [0, 0.1) is 52.3 Å². The Balaban J connectivity index is 0.000000385. The number of fused-ring (bicyclic) bond motifs is 7. The molecule has 176 valence electrons. The predicted octanol–water partition coefficient (Wildman–Crippen LogP) is 8.50. The first-order valence-electron chi connectivity index (χ1n) is 14.1. The van der Waals surface area contributed by atoms with Crippen LogP contribution < -0.4 is 0 Å². The lowest BCUT2D eigenvalue weighted by atomic mass is 9.38. The summed E-state index contributed by atoms with van der Waals surface area (Å²) in [5.74, 6) is 7.57. The van der Waals surface area contributed by atoms with E-state index in [2.05, 4.69) is 20.8 Å². The number of aliphatic hydroxyl groups excluding tert-OH is 1. The zero-order valence-corrected chi connectivity index (χ0v) is 21.4. The summed E-state index contributed by atoms with van der Waals surface area (Å²) in [6.07, 6.45) is 19.7. The molecule has 9 atom stereocenters. The van der Waals surface area contributed by atoms with Crippen LogP contribution in [0.5, 0.6) is 0 Å². The van der Waals surface area contributed by atoms with Crippen molar-refractivity contribution >= 4 is 0 Å². The molecule has 5 aliphatic carbocycles. The van der Waals surface area contributed by atoms with E-state index in [1.54, 1.807) is 64.2 Å². The summed E-state index contributed by atoms with van der Waals surface area (Å²) in [6.45, 7) is 14.4. The third-order valence-electron chi connectivity index (χ3n) is 11.0. The molecule has 0 aromatic rings. The highest BCUT2D eigenvalue weighted by molar-refractivity contribution is 5.11. The Hall–Kier alpha value is -0.0400. The third-order valence-corrected chi connectivity index (χ3v) is 11.0. The number of rotatable bonds is 1. The molecule has 0 saturated heterocycles. The van der Waals surface area contributed by atoms with E-state index in [0.29, 0.717) is 17.4 Å². The van der Waals surface area contributed by atoms with Crippen LogP contribution in [-0.2, 0) is 0 Å². The third kappa shape index (κ3) is 4.15. The van der Waals surface area contributed by atoms with Gasteiger partial charge in [0.15, 0.2) is 0 Å². The van der Waals surface area contributed by atoms with Gasteiger partial charge >= 0.3 is 0 Å². The van der Waals surface area contributed by atoms with E-state index in [1.165, 1.54) is 12.8 Å². The van der Waals surface area contributed by atoms with E-state index in [-0.39, 0.29) is 0 Å². The van der Waals surface area contributed by atoms with E-state index in [9.17, 15) is 0 Å². The molecule has 0 amide bonds. The largest absolute Gasteiger partial charge is 0.396 e. The van der Waals surface area contributed by atoms with Gasteiger partial charge in [-0.3, -0.25) is 0 Å². The van der Waals surface area contributed by atoms with Gasteiger partial charge in [-0.1, -0.05) is 67.2 Å². The first-order valence-corrected chi connectivity index (χ1v) is 14.1. The second-order valence-corrected chi connectivity index (χ2v) is 12.1. The molecular formula is C29H54O. The summed E-state index contributed by atoms with van der Waals surface area (Å²) in [6, 6.07) is 0. The van der Waals surface area contributed by atoms with Gasteiger partial charge < -0.3 is 5.11 Å². The van der Waals surface area contributed by atoms with Gasteiger partial charge in [-0.2, -0.15) is 0 Å². The molecule has 1 heteroatoms. The monoisotopic (exact) mass is 418 g/mol. The molecule has 5 fully saturated rings. The molecule has 0 heterocycles. The molecule has 5 saturated carbocycles. The fourth-order valence-corrected chi connectivity index (χ4v) is 9.87. The van der Waals surface area contributed by atoms with E-state index in [1.807, 2.05) is 20.8 Å². The molecule has 1 nitrogen and oxygen atoms in total. The molecule has 1 N–H and O–H groups in total. The van der Waals surface area contributed by atoms with Crippen LogP contribution in [0.3, 0.4) is 0 Å². The predicted molar refractivity (Wildman–Crippen MR) is 130 cm³/mol. The van der Waals surface area contributed by atoms with Crippen molar-refractivity contribution in [2.75, 3.05) is 6.61 Å². The van der Waals surface area contributed by atoms with Crippen molar-refractivity contribution in [1.82, 2.24) is 0 Å². The highest BCUT2D eigenvalue weighted by Crippen LogP contribution is 2.70. The van der Waals surface area contributed by atoms with Gasteiger partial charge in [0.2, 0.25) is 0 Å². The lowest BCUT2D eigenvalue weighted by molar-refractivity contribution is -0.174. The highest BCUT2D eigenvalue weighted by atomic mass is 16.2. The number of hydrogen-bond acceptors (Lipinski definition) is 1. The molecule has 0 bridgehead atoms. The molecule has 5 rings (SSSR count). The van der Waals surface area contributed by atoms with Gasteiger partial charge in [-0.15, -0.1) is 0 Å². The molecule has 0 radical (unpaired) electrons. The van der Waals surface area contributed by atoms with Crippen molar-refractivity contribution in [3.63, 3.8) is 0 Å². The zero-order chi connectivity index (χ0) is 21.9. The summed E-state index contributed by atoms with van der Waals surface area (Å²) >= 11 is 0. The van der Waals surface area contributed by atoms with Gasteiger partial charge in [-0.25, -0.2) is 0 Å². The Morgan fingerprint density at radius 3 is 2.13 bits per heavy atom. The average Bonchev–Trinajstić information content (AvgIpc) is 3.24. The minimum Gasteiger partial charge on any atom is -0.396 e. The Labute approximate surface area is 189 Å². The first kappa shape index (κ1) is 24.6. The van der Waals surface area contributed by atoms with Gasteiger partial charge in [0.05, 0.1) is 0 Å². The van der Waals surface area contributed by atoms with Crippen LogP contribution in [0.2, 0.25) is 0 Å². The minimum absolute atomic E-state index is 0.319. The Kier molecular flexibility index (Phi) is 8.42. The van der Waals surface area contributed by atoms with Crippen LogP contribution in [-0.4, -0.2) is 11.7 Å². The molecule has 5 aliphatic rings. The van der Waals surface area contributed by atoms with Crippen molar-refractivity contribution in [2.24, 2.45) is 52.3 Å². The molecule has 0 spiro atoms. The number of hydrogen-bond donors (Lipinski definition) is 1. The Morgan fingerprint density at radius 1 is 0.733 bits per heavy atom. The SMILES string of the molecule is CC.CC1CCCC2(C)C1CCC1(C)C3CCC4CCCC4C3CCC21.CCCO. The fourth-order valence-electron chi connectivity index (χ4n) is 9.87.